The molecule has 0 amide bonds. The molecule has 3 atom stereocenters. The molecule has 2 aliphatic rings. The van der Waals surface area contributed by atoms with E-state index in [0.29, 0.717) is 0 Å². The van der Waals surface area contributed by atoms with Crippen molar-refractivity contribution in [3.8, 4) is 0 Å². The van der Waals surface area contributed by atoms with Crippen LogP contribution in [0.15, 0.2) is 22.4 Å². The number of hydrogen-bond acceptors (Lipinski definition) is 5. The molecular formula is C16H25N3S2. The summed E-state index contributed by atoms with van der Waals surface area (Å²) in [5.41, 5.74) is 0. The van der Waals surface area contributed by atoms with Crippen molar-refractivity contribution in [1.82, 2.24) is 14.9 Å². The van der Waals surface area contributed by atoms with E-state index in [1.54, 1.807) is 0 Å². The predicted octanol–water partition coefficient (Wildman–Crippen LogP) is 3.95. The highest BCUT2D eigenvalue weighted by Gasteiger charge is 2.38. The molecule has 0 saturated carbocycles. The molecule has 0 N–H and O–H groups in total. The van der Waals surface area contributed by atoms with Crippen molar-refractivity contribution in [3.63, 3.8) is 0 Å². The normalized spacial score (nSPS) is 27.4. The first-order chi connectivity index (χ1) is 10.4. The smallest absolute Gasteiger partial charge is 0.129 e. The van der Waals surface area contributed by atoms with Crippen LogP contribution in [0.4, 0.5) is 0 Å². The third kappa shape index (κ3) is 4.14. The summed E-state index contributed by atoms with van der Waals surface area (Å²) in [5.74, 6) is 2.05. The lowest BCUT2D eigenvalue weighted by molar-refractivity contribution is 0.372. The number of nitrogens with zero attached hydrogens (tertiary/aromatic N) is 3. The molecule has 1 aromatic rings. The van der Waals surface area contributed by atoms with Gasteiger partial charge in [-0.3, -0.25) is 0 Å². The van der Waals surface area contributed by atoms with E-state index in [9.17, 15) is 0 Å². The van der Waals surface area contributed by atoms with Gasteiger partial charge in [-0.2, -0.15) is 0 Å². The third-order valence-corrected chi connectivity index (χ3v) is 6.96. The fourth-order valence-electron chi connectivity index (χ4n) is 3.20. The zero-order valence-electron chi connectivity index (χ0n) is 12.8. The first-order valence-electron chi connectivity index (χ1n) is 8.19. The number of piperidine rings is 1. The Morgan fingerprint density at radius 3 is 2.71 bits per heavy atom. The number of hydrogen-bond donors (Lipinski definition) is 0. The average Bonchev–Trinajstić information content (AvgIpc) is 3.11. The van der Waals surface area contributed by atoms with E-state index in [2.05, 4.69) is 21.8 Å². The lowest BCUT2D eigenvalue weighted by Crippen LogP contribution is -2.25. The SMILES string of the molecule is CCCCCCSc1nccnc1S[C@@H]1CN2CC[C@@H]1C2. The standard InChI is InChI=1S/C16H25N3S2/c1-2-3-4-5-10-20-15-16(18-8-7-17-15)21-14-12-19-9-6-13(14)11-19/h7-8,13-14H,2-6,9-12H2,1H3/t13-,14-/m1/s1. The van der Waals surface area contributed by atoms with Gasteiger partial charge in [-0.1, -0.05) is 37.9 Å². The van der Waals surface area contributed by atoms with E-state index >= 15 is 0 Å². The third-order valence-electron chi connectivity index (χ3n) is 4.41. The second-order valence-corrected chi connectivity index (χ2v) is 8.35. The molecule has 5 heteroatoms. The van der Waals surface area contributed by atoms with Crippen LogP contribution in [0.2, 0.25) is 0 Å². The predicted molar refractivity (Wildman–Crippen MR) is 91.1 cm³/mol. The molecule has 2 saturated heterocycles. The molecular weight excluding hydrogens is 298 g/mol. The van der Waals surface area contributed by atoms with Crippen LogP contribution in [-0.4, -0.2) is 45.5 Å². The van der Waals surface area contributed by atoms with Crippen LogP contribution in [0.5, 0.6) is 0 Å². The van der Waals surface area contributed by atoms with E-state index in [4.69, 9.17) is 0 Å². The van der Waals surface area contributed by atoms with Crippen LogP contribution in [0.3, 0.4) is 0 Å². The maximum Gasteiger partial charge on any atom is 0.129 e. The molecule has 3 nitrogen and oxygen atoms in total. The quantitative estimate of drug-likeness (QED) is 0.534. The van der Waals surface area contributed by atoms with Gasteiger partial charge in [-0.15, -0.1) is 11.8 Å². The first kappa shape index (κ1) is 15.6. The molecule has 0 aromatic carbocycles. The van der Waals surface area contributed by atoms with E-state index in [0.717, 1.165) is 21.2 Å². The average molecular weight is 324 g/mol. The molecule has 21 heavy (non-hydrogen) atoms. The molecule has 1 aromatic heterocycles. The van der Waals surface area contributed by atoms with Crippen molar-refractivity contribution in [2.45, 2.75) is 54.3 Å². The summed E-state index contributed by atoms with van der Waals surface area (Å²) in [6.07, 6.45) is 10.3. The largest absolute Gasteiger partial charge is 0.302 e. The second-order valence-electron chi connectivity index (χ2n) is 6.04. The van der Waals surface area contributed by atoms with Gasteiger partial charge >= 0.3 is 0 Å². The molecule has 2 bridgehead atoms. The highest BCUT2D eigenvalue weighted by atomic mass is 32.2. The number of fused-ring (bicyclic) bond motifs is 2. The Morgan fingerprint density at radius 2 is 2.00 bits per heavy atom. The molecule has 116 valence electrons. The van der Waals surface area contributed by atoms with Gasteiger partial charge < -0.3 is 4.90 Å². The second kappa shape index (κ2) is 7.84. The highest BCUT2D eigenvalue weighted by Crippen LogP contribution is 2.40. The highest BCUT2D eigenvalue weighted by molar-refractivity contribution is 8.02. The van der Waals surface area contributed by atoms with Crippen molar-refractivity contribution in [1.29, 1.82) is 0 Å². The molecule has 2 fully saturated rings. The summed E-state index contributed by atoms with van der Waals surface area (Å²) in [7, 11) is 0. The molecule has 3 heterocycles. The van der Waals surface area contributed by atoms with Gasteiger partial charge in [-0.25, -0.2) is 9.97 Å². The number of thioether (sulfide) groups is 2. The Balaban J connectivity index is 1.52. The van der Waals surface area contributed by atoms with Gasteiger partial charge in [0.1, 0.15) is 10.1 Å². The van der Waals surface area contributed by atoms with Gasteiger partial charge in [0.25, 0.3) is 0 Å². The number of aromatic nitrogens is 2. The zero-order valence-corrected chi connectivity index (χ0v) is 14.5. The summed E-state index contributed by atoms with van der Waals surface area (Å²) in [6.45, 7) is 6.11. The van der Waals surface area contributed by atoms with Gasteiger partial charge in [0.05, 0.1) is 0 Å². The molecule has 0 radical (unpaired) electrons. The van der Waals surface area contributed by atoms with Crippen molar-refractivity contribution >= 4 is 23.5 Å². The van der Waals surface area contributed by atoms with Gasteiger partial charge in [0.15, 0.2) is 0 Å². The van der Waals surface area contributed by atoms with Crippen molar-refractivity contribution < 1.29 is 0 Å². The van der Waals surface area contributed by atoms with Crippen LogP contribution < -0.4 is 0 Å². The minimum atomic E-state index is 0.731. The maximum atomic E-state index is 4.60. The van der Waals surface area contributed by atoms with Crippen LogP contribution in [0, 0.1) is 5.92 Å². The van der Waals surface area contributed by atoms with Crippen LogP contribution in [0.25, 0.3) is 0 Å². The number of unbranched alkanes of at least 4 members (excludes halogenated alkanes) is 3. The first-order valence-corrected chi connectivity index (χ1v) is 10.1. The van der Waals surface area contributed by atoms with Crippen molar-refractivity contribution in [3.05, 3.63) is 12.4 Å². The molecule has 0 aliphatic carbocycles. The summed E-state index contributed by atoms with van der Waals surface area (Å²) < 4.78 is 0. The van der Waals surface area contributed by atoms with Crippen LogP contribution in [-0.2, 0) is 0 Å². The summed E-state index contributed by atoms with van der Waals surface area (Å²) in [5, 5.41) is 3.04. The fourth-order valence-corrected chi connectivity index (χ4v) is 5.64. The topological polar surface area (TPSA) is 29.0 Å². The zero-order chi connectivity index (χ0) is 14.5. The Bertz CT molecular complexity index is 455. The number of rotatable bonds is 8. The Labute approximate surface area is 136 Å². The van der Waals surface area contributed by atoms with Crippen LogP contribution in [0.1, 0.15) is 39.0 Å². The fraction of sp³-hybridized carbons (Fsp3) is 0.750. The Hall–Kier alpha value is -0.260. The minimum Gasteiger partial charge on any atom is -0.302 e. The van der Waals surface area contributed by atoms with Crippen molar-refractivity contribution in [2.24, 2.45) is 5.92 Å². The molecule has 1 unspecified atom stereocenters. The Kier molecular flexibility index (Phi) is 5.83. The van der Waals surface area contributed by atoms with E-state index in [-0.39, 0.29) is 0 Å². The summed E-state index contributed by atoms with van der Waals surface area (Å²) >= 11 is 3.87. The van der Waals surface area contributed by atoms with E-state index in [1.165, 1.54) is 57.5 Å². The summed E-state index contributed by atoms with van der Waals surface area (Å²) in [6, 6.07) is 0. The Morgan fingerprint density at radius 1 is 1.14 bits per heavy atom. The van der Waals surface area contributed by atoms with Crippen LogP contribution >= 0.6 is 23.5 Å². The van der Waals surface area contributed by atoms with Gasteiger partial charge in [0.2, 0.25) is 0 Å². The molecule has 0 spiro atoms. The monoisotopic (exact) mass is 323 g/mol. The van der Waals surface area contributed by atoms with E-state index < -0.39 is 0 Å². The molecule has 3 rings (SSSR count). The lowest BCUT2D eigenvalue weighted by Gasteiger charge is -2.21. The van der Waals surface area contributed by atoms with Gasteiger partial charge in [-0.05, 0) is 31.1 Å². The summed E-state index contributed by atoms with van der Waals surface area (Å²) in [4.78, 5) is 11.8. The minimum absolute atomic E-state index is 0.731. The lowest BCUT2D eigenvalue weighted by atomic mass is 10.1. The van der Waals surface area contributed by atoms with E-state index in [1.807, 2.05) is 35.9 Å². The maximum absolute atomic E-state index is 4.60. The molecule has 2 aliphatic heterocycles. The van der Waals surface area contributed by atoms with Crippen molar-refractivity contribution in [2.75, 3.05) is 25.4 Å². The van der Waals surface area contributed by atoms with Gasteiger partial charge in [0, 0.05) is 30.7 Å².